The normalized spacial score (nSPS) is 28.1. The standard InChI is InChI=1S/C26H31N3O6/c1-28(2)15-9-12(10-5-6-10)21(30)17-13(15)7-11-8-14-18(23(32)16(11)22(17)31)24(33)19(26(27)35)25(34)20(14)29(3)4/h9-11,14,18,20,30,32,34H,5-8H2,1-4H3,(H2,27,35)/t11?,14?,18?,20-/m0/s1. The van der Waals surface area contributed by atoms with Crippen LogP contribution in [0.5, 0.6) is 5.75 Å². The van der Waals surface area contributed by atoms with Crippen LogP contribution in [0.25, 0.3) is 0 Å². The zero-order valence-electron chi connectivity index (χ0n) is 20.3. The van der Waals surface area contributed by atoms with E-state index in [9.17, 15) is 29.7 Å². The number of phenols is 1. The van der Waals surface area contributed by atoms with Gasteiger partial charge in [-0.25, -0.2) is 0 Å². The van der Waals surface area contributed by atoms with Crippen molar-refractivity contribution in [3.8, 4) is 5.75 Å². The van der Waals surface area contributed by atoms with Crippen molar-refractivity contribution in [1.82, 2.24) is 4.90 Å². The summed E-state index contributed by atoms with van der Waals surface area (Å²) in [6.45, 7) is 0. The summed E-state index contributed by atoms with van der Waals surface area (Å²) in [6, 6.07) is 1.24. The quantitative estimate of drug-likeness (QED) is 0.478. The SMILES string of the molecule is CN(C)c1cc(C2CC2)c(O)c2c1CC1CC3C(C(=O)C(C(N)=O)=C(O)[C@H]3N(C)C)C(O)=C1C2=O. The van der Waals surface area contributed by atoms with E-state index in [4.69, 9.17) is 5.73 Å². The number of ketones is 2. The molecule has 5 rings (SSSR count). The number of anilines is 1. The molecule has 0 bridgehead atoms. The van der Waals surface area contributed by atoms with E-state index in [2.05, 4.69) is 0 Å². The van der Waals surface area contributed by atoms with E-state index in [0.717, 1.165) is 29.7 Å². The van der Waals surface area contributed by atoms with E-state index >= 15 is 0 Å². The summed E-state index contributed by atoms with van der Waals surface area (Å²) >= 11 is 0. The van der Waals surface area contributed by atoms with Crippen molar-refractivity contribution in [2.45, 2.75) is 37.6 Å². The Hall–Kier alpha value is -3.33. The predicted octanol–water partition coefficient (Wildman–Crippen LogP) is 1.95. The van der Waals surface area contributed by atoms with Gasteiger partial charge in [-0.15, -0.1) is 0 Å². The van der Waals surface area contributed by atoms with Gasteiger partial charge in [0.25, 0.3) is 5.91 Å². The number of carbonyl (C=O) groups excluding carboxylic acids is 3. The molecule has 5 N–H and O–H groups in total. The molecule has 4 aliphatic rings. The number of benzene rings is 1. The minimum Gasteiger partial charge on any atom is -0.511 e. The highest BCUT2D eigenvalue weighted by molar-refractivity contribution is 6.22. The zero-order chi connectivity index (χ0) is 25.5. The minimum absolute atomic E-state index is 0.0459. The van der Waals surface area contributed by atoms with Crippen molar-refractivity contribution in [2.75, 3.05) is 33.1 Å². The number of aromatic hydroxyl groups is 1. The van der Waals surface area contributed by atoms with Gasteiger partial charge in [0.1, 0.15) is 22.8 Å². The highest BCUT2D eigenvalue weighted by Gasteiger charge is 2.54. The molecular weight excluding hydrogens is 450 g/mol. The van der Waals surface area contributed by atoms with Crippen molar-refractivity contribution in [3.63, 3.8) is 0 Å². The first-order valence-corrected chi connectivity index (χ1v) is 11.9. The van der Waals surface area contributed by atoms with Crippen LogP contribution in [-0.4, -0.2) is 71.9 Å². The second kappa shape index (κ2) is 7.84. The predicted molar refractivity (Wildman–Crippen MR) is 129 cm³/mol. The van der Waals surface area contributed by atoms with Crippen LogP contribution in [-0.2, 0) is 16.0 Å². The van der Waals surface area contributed by atoms with Crippen molar-refractivity contribution < 1.29 is 29.7 Å². The summed E-state index contributed by atoms with van der Waals surface area (Å²) in [5.74, 6) is -5.06. The van der Waals surface area contributed by atoms with E-state index in [1.165, 1.54) is 0 Å². The maximum absolute atomic E-state index is 13.9. The lowest BCUT2D eigenvalue weighted by molar-refractivity contribution is -0.127. The van der Waals surface area contributed by atoms with Crippen LogP contribution in [0.15, 0.2) is 28.7 Å². The fourth-order valence-corrected chi connectivity index (χ4v) is 6.44. The topological polar surface area (TPSA) is 144 Å². The molecule has 1 aromatic carbocycles. The Balaban J connectivity index is 1.70. The Kier molecular flexibility index (Phi) is 5.25. The van der Waals surface area contributed by atoms with Crippen molar-refractivity contribution in [3.05, 3.63) is 45.4 Å². The molecule has 0 aromatic heterocycles. The Morgan fingerprint density at radius 2 is 1.69 bits per heavy atom. The Bertz CT molecular complexity index is 1240. The minimum atomic E-state index is -1.17. The fourth-order valence-electron chi connectivity index (χ4n) is 6.44. The van der Waals surface area contributed by atoms with Gasteiger partial charge in [-0.2, -0.15) is 0 Å². The molecule has 0 saturated heterocycles. The van der Waals surface area contributed by atoms with Crippen LogP contribution >= 0.6 is 0 Å². The van der Waals surface area contributed by atoms with Gasteiger partial charge in [-0.05, 0) is 74.7 Å². The molecule has 0 heterocycles. The van der Waals surface area contributed by atoms with Gasteiger partial charge in [-0.1, -0.05) is 0 Å². The molecule has 0 radical (unpaired) electrons. The lowest BCUT2D eigenvalue weighted by Gasteiger charge is -2.46. The number of allylic oxidation sites excluding steroid dienone is 2. The first-order chi connectivity index (χ1) is 16.5. The Morgan fingerprint density at radius 3 is 2.23 bits per heavy atom. The van der Waals surface area contributed by atoms with Gasteiger partial charge in [0.05, 0.1) is 17.5 Å². The van der Waals surface area contributed by atoms with Crippen molar-refractivity contribution in [2.24, 2.45) is 23.5 Å². The summed E-state index contributed by atoms with van der Waals surface area (Å²) in [6.07, 6.45) is 2.63. The van der Waals surface area contributed by atoms with Crippen LogP contribution < -0.4 is 10.6 Å². The fraction of sp³-hybridized carbons (Fsp3) is 0.500. The van der Waals surface area contributed by atoms with Gasteiger partial charge in [0, 0.05) is 25.4 Å². The Morgan fingerprint density at radius 1 is 1.03 bits per heavy atom. The summed E-state index contributed by atoms with van der Waals surface area (Å²) in [4.78, 5) is 42.8. The number of likely N-dealkylation sites (N-methyl/N-ethyl adjacent to an activating group) is 1. The number of aliphatic hydroxyl groups excluding tert-OH is 2. The average Bonchev–Trinajstić information content (AvgIpc) is 3.57. The number of rotatable bonds is 4. The number of hydrogen-bond donors (Lipinski definition) is 4. The Labute approximate surface area is 203 Å². The molecule has 3 unspecified atom stereocenters. The molecule has 1 saturated carbocycles. The van der Waals surface area contributed by atoms with Gasteiger partial charge < -0.3 is 26.0 Å². The van der Waals surface area contributed by atoms with E-state index < -0.39 is 52.6 Å². The molecule has 1 amide bonds. The number of carbonyl (C=O) groups is 3. The molecule has 35 heavy (non-hydrogen) atoms. The number of primary amides is 1. The first-order valence-electron chi connectivity index (χ1n) is 11.9. The smallest absolute Gasteiger partial charge is 0.255 e. The summed E-state index contributed by atoms with van der Waals surface area (Å²) in [5.41, 5.74) is 7.50. The van der Waals surface area contributed by atoms with Crippen LogP contribution in [0.3, 0.4) is 0 Å². The number of hydrogen-bond acceptors (Lipinski definition) is 8. The maximum Gasteiger partial charge on any atom is 0.255 e. The molecule has 0 spiro atoms. The lowest BCUT2D eigenvalue weighted by atomic mass is 9.60. The molecule has 1 fully saturated rings. The number of amides is 1. The van der Waals surface area contributed by atoms with Crippen molar-refractivity contribution >= 4 is 23.2 Å². The van der Waals surface area contributed by atoms with Crippen LogP contribution in [0.1, 0.15) is 46.7 Å². The van der Waals surface area contributed by atoms with Crippen LogP contribution in [0.2, 0.25) is 0 Å². The summed E-state index contributed by atoms with van der Waals surface area (Å²) in [7, 11) is 7.21. The number of Topliss-reactive ketones (excluding diaryl/α,β-unsaturated/α-hetero) is 2. The van der Waals surface area contributed by atoms with Crippen LogP contribution in [0.4, 0.5) is 5.69 Å². The molecule has 4 aliphatic carbocycles. The molecule has 0 aliphatic heterocycles. The zero-order valence-corrected chi connectivity index (χ0v) is 20.3. The van der Waals surface area contributed by atoms with Crippen molar-refractivity contribution in [1.29, 1.82) is 0 Å². The third kappa shape index (κ3) is 3.28. The summed E-state index contributed by atoms with van der Waals surface area (Å²) in [5, 5.41) is 33.3. The first kappa shape index (κ1) is 23.4. The van der Waals surface area contributed by atoms with E-state index in [1.54, 1.807) is 19.0 Å². The molecular formula is C26H31N3O6. The summed E-state index contributed by atoms with van der Waals surface area (Å²) < 4.78 is 0. The van der Waals surface area contributed by atoms with Gasteiger partial charge in [-0.3, -0.25) is 19.3 Å². The van der Waals surface area contributed by atoms with E-state index in [1.807, 2.05) is 25.1 Å². The second-order valence-electron chi connectivity index (χ2n) is 10.7. The van der Waals surface area contributed by atoms with Gasteiger partial charge >= 0.3 is 0 Å². The second-order valence-corrected chi connectivity index (χ2v) is 10.7. The maximum atomic E-state index is 13.9. The van der Waals surface area contributed by atoms with E-state index in [0.29, 0.717) is 12.8 Å². The number of fused-ring (bicyclic) bond motifs is 3. The monoisotopic (exact) mass is 481 g/mol. The number of phenolic OH excluding ortho intramolecular Hbond substituents is 1. The molecule has 9 heteroatoms. The number of aliphatic hydroxyl groups is 2. The third-order valence-electron chi connectivity index (χ3n) is 8.07. The third-order valence-corrected chi connectivity index (χ3v) is 8.07. The number of nitrogens with two attached hydrogens (primary N) is 1. The highest BCUT2D eigenvalue weighted by Crippen LogP contribution is 2.54. The molecule has 4 atom stereocenters. The lowest BCUT2D eigenvalue weighted by Crippen LogP contribution is -2.53. The molecule has 9 nitrogen and oxygen atoms in total. The van der Waals surface area contributed by atoms with Gasteiger partial charge in [0.15, 0.2) is 11.6 Å². The van der Waals surface area contributed by atoms with Crippen LogP contribution in [0, 0.1) is 17.8 Å². The average molecular weight is 482 g/mol. The number of nitrogens with zero attached hydrogens (tertiary/aromatic N) is 2. The van der Waals surface area contributed by atoms with E-state index in [-0.39, 0.29) is 28.6 Å². The molecule has 1 aromatic rings. The highest BCUT2D eigenvalue weighted by atomic mass is 16.3. The van der Waals surface area contributed by atoms with Gasteiger partial charge in [0.2, 0.25) is 0 Å². The largest absolute Gasteiger partial charge is 0.511 e. The molecule has 186 valence electrons.